The quantitative estimate of drug-likeness (QED) is 0.706. The topological polar surface area (TPSA) is 12.0 Å². The van der Waals surface area contributed by atoms with Gasteiger partial charge in [0, 0.05) is 11.8 Å². The van der Waals surface area contributed by atoms with Gasteiger partial charge in [0.2, 0.25) is 0 Å². The molecule has 60 valence electrons. The van der Waals surface area contributed by atoms with Crippen LogP contribution in [0.25, 0.3) is 0 Å². The molecule has 1 N–H and O–H groups in total. The first kappa shape index (κ1) is 8.75. The summed E-state index contributed by atoms with van der Waals surface area (Å²) in [6.45, 7) is 2.26. The third-order valence-corrected chi connectivity index (χ3v) is 3.71. The molecule has 1 aliphatic rings. The van der Waals surface area contributed by atoms with Gasteiger partial charge in [0.15, 0.2) is 0 Å². The van der Waals surface area contributed by atoms with Crippen molar-refractivity contribution in [2.75, 3.05) is 17.8 Å². The predicted molar refractivity (Wildman–Crippen MR) is 51.8 cm³/mol. The molecule has 1 aliphatic heterocycles. The summed E-state index contributed by atoms with van der Waals surface area (Å²) < 4.78 is 0. The van der Waals surface area contributed by atoms with Crippen LogP contribution >= 0.6 is 23.5 Å². The Balaban J connectivity index is 2.06. The first-order valence-corrected chi connectivity index (χ1v) is 6.14. The second-order valence-corrected chi connectivity index (χ2v) is 4.89. The van der Waals surface area contributed by atoms with Crippen LogP contribution in [-0.4, -0.2) is 29.2 Å². The maximum absolute atomic E-state index is 3.54. The highest BCUT2D eigenvalue weighted by Crippen LogP contribution is 2.21. The molecule has 1 fully saturated rings. The van der Waals surface area contributed by atoms with E-state index in [4.69, 9.17) is 0 Å². The van der Waals surface area contributed by atoms with Crippen molar-refractivity contribution in [1.82, 2.24) is 5.32 Å². The molecule has 1 rings (SSSR count). The third kappa shape index (κ3) is 2.72. The average Bonchev–Trinajstić information content (AvgIpc) is 2.31. The van der Waals surface area contributed by atoms with E-state index in [1.54, 1.807) is 0 Å². The zero-order valence-corrected chi connectivity index (χ0v) is 8.23. The Hall–Kier alpha value is 0.660. The van der Waals surface area contributed by atoms with Crippen LogP contribution in [0.3, 0.4) is 0 Å². The lowest BCUT2D eigenvalue weighted by Crippen LogP contribution is -2.27. The van der Waals surface area contributed by atoms with E-state index < -0.39 is 0 Å². The van der Waals surface area contributed by atoms with Crippen LogP contribution in [0.4, 0.5) is 0 Å². The number of hydrogen-bond acceptors (Lipinski definition) is 3. The summed E-state index contributed by atoms with van der Waals surface area (Å²) in [5.41, 5.74) is 0. The number of nitrogens with one attached hydrogen (secondary N) is 1. The minimum Gasteiger partial charge on any atom is -0.302 e. The van der Waals surface area contributed by atoms with Crippen molar-refractivity contribution < 1.29 is 0 Å². The number of hydrogen-bond donors (Lipinski definition) is 1. The summed E-state index contributed by atoms with van der Waals surface area (Å²) in [4.78, 5) is 0. The van der Waals surface area contributed by atoms with Gasteiger partial charge >= 0.3 is 0 Å². The van der Waals surface area contributed by atoms with Crippen molar-refractivity contribution in [1.29, 1.82) is 0 Å². The fourth-order valence-corrected chi connectivity index (χ4v) is 2.92. The predicted octanol–water partition coefficient (Wildman–Crippen LogP) is 1.79. The molecule has 0 radical (unpaired) electrons. The first-order valence-electron chi connectivity index (χ1n) is 3.69. The van der Waals surface area contributed by atoms with Crippen LogP contribution in [0.15, 0.2) is 0 Å². The second kappa shape index (κ2) is 4.52. The van der Waals surface area contributed by atoms with Gasteiger partial charge in [0.05, 0.1) is 5.37 Å². The van der Waals surface area contributed by atoms with Gasteiger partial charge in [0.1, 0.15) is 0 Å². The van der Waals surface area contributed by atoms with E-state index in [9.17, 15) is 0 Å². The van der Waals surface area contributed by atoms with Crippen molar-refractivity contribution in [2.24, 2.45) is 0 Å². The SMILES string of the molecule is CSCCC1NC(C)CS1. The normalized spacial score (nSPS) is 33.0. The summed E-state index contributed by atoms with van der Waals surface area (Å²) in [5.74, 6) is 2.58. The Bertz CT molecular complexity index is 97.6. The van der Waals surface area contributed by atoms with Crippen molar-refractivity contribution in [3.63, 3.8) is 0 Å². The van der Waals surface area contributed by atoms with Gasteiger partial charge in [-0.05, 0) is 25.4 Å². The summed E-state index contributed by atoms with van der Waals surface area (Å²) in [5, 5.41) is 4.28. The van der Waals surface area contributed by atoms with Gasteiger partial charge in [-0.1, -0.05) is 0 Å². The molecular weight excluding hydrogens is 162 g/mol. The molecule has 1 saturated heterocycles. The monoisotopic (exact) mass is 177 g/mol. The molecule has 1 heterocycles. The Kier molecular flexibility index (Phi) is 3.96. The van der Waals surface area contributed by atoms with E-state index in [0.29, 0.717) is 0 Å². The van der Waals surface area contributed by atoms with E-state index in [-0.39, 0.29) is 0 Å². The minimum absolute atomic E-state index is 0.733. The molecule has 3 heteroatoms. The highest BCUT2D eigenvalue weighted by molar-refractivity contribution is 8.00. The van der Waals surface area contributed by atoms with Gasteiger partial charge in [-0.3, -0.25) is 0 Å². The van der Waals surface area contributed by atoms with Gasteiger partial charge in [0.25, 0.3) is 0 Å². The highest BCUT2D eigenvalue weighted by atomic mass is 32.2. The lowest BCUT2D eigenvalue weighted by molar-refractivity contribution is 0.593. The summed E-state index contributed by atoms with van der Waals surface area (Å²) >= 11 is 4.00. The van der Waals surface area contributed by atoms with E-state index in [2.05, 4.69) is 30.3 Å². The Morgan fingerprint density at radius 1 is 1.70 bits per heavy atom. The lowest BCUT2D eigenvalue weighted by atomic mass is 10.4. The zero-order chi connectivity index (χ0) is 7.40. The maximum Gasteiger partial charge on any atom is 0.0542 e. The molecule has 2 unspecified atom stereocenters. The van der Waals surface area contributed by atoms with Crippen LogP contribution in [0, 0.1) is 0 Å². The summed E-state index contributed by atoms with van der Waals surface area (Å²) in [6, 6.07) is 0.733. The lowest BCUT2D eigenvalue weighted by Gasteiger charge is -2.08. The van der Waals surface area contributed by atoms with Crippen LogP contribution in [-0.2, 0) is 0 Å². The molecule has 1 nitrogen and oxygen atoms in total. The molecule has 0 spiro atoms. The molecule has 10 heavy (non-hydrogen) atoms. The van der Waals surface area contributed by atoms with E-state index in [1.807, 2.05) is 11.8 Å². The van der Waals surface area contributed by atoms with Crippen LogP contribution in [0.1, 0.15) is 13.3 Å². The molecule has 0 aromatic carbocycles. The molecule has 0 aromatic rings. The fraction of sp³-hybridized carbons (Fsp3) is 1.00. The van der Waals surface area contributed by atoms with E-state index in [0.717, 1.165) is 11.4 Å². The molecule has 0 amide bonds. The summed E-state index contributed by atoms with van der Waals surface area (Å²) in [7, 11) is 0. The van der Waals surface area contributed by atoms with E-state index in [1.165, 1.54) is 17.9 Å². The molecule has 0 aliphatic carbocycles. The molecule has 0 aromatic heterocycles. The Labute approximate surface area is 71.7 Å². The fourth-order valence-electron chi connectivity index (χ4n) is 1.07. The zero-order valence-electron chi connectivity index (χ0n) is 6.59. The van der Waals surface area contributed by atoms with Crippen molar-refractivity contribution in [3.8, 4) is 0 Å². The number of rotatable bonds is 3. The smallest absolute Gasteiger partial charge is 0.0542 e. The molecule has 0 bridgehead atoms. The van der Waals surface area contributed by atoms with Crippen molar-refractivity contribution in [2.45, 2.75) is 24.8 Å². The molecular formula is C7H15NS2. The van der Waals surface area contributed by atoms with Crippen LogP contribution < -0.4 is 5.32 Å². The van der Waals surface area contributed by atoms with Crippen molar-refractivity contribution in [3.05, 3.63) is 0 Å². The maximum atomic E-state index is 3.54. The highest BCUT2D eigenvalue weighted by Gasteiger charge is 2.19. The molecule has 0 saturated carbocycles. The van der Waals surface area contributed by atoms with Gasteiger partial charge in [-0.15, -0.1) is 11.8 Å². The third-order valence-electron chi connectivity index (χ3n) is 1.60. The van der Waals surface area contributed by atoms with Crippen LogP contribution in [0.2, 0.25) is 0 Å². The summed E-state index contributed by atoms with van der Waals surface area (Å²) in [6.07, 6.45) is 3.49. The van der Waals surface area contributed by atoms with Crippen molar-refractivity contribution >= 4 is 23.5 Å². The minimum atomic E-state index is 0.733. The first-order chi connectivity index (χ1) is 4.83. The molecule has 2 atom stereocenters. The van der Waals surface area contributed by atoms with Gasteiger partial charge in [-0.25, -0.2) is 0 Å². The second-order valence-electron chi connectivity index (χ2n) is 2.67. The number of thioether (sulfide) groups is 2. The van der Waals surface area contributed by atoms with Crippen LogP contribution in [0.5, 0.6) is 0 Å². The van der Waals surface area contributed by atoms with Gasteiger partial charge in [-0.2, -0.15) is 11.8 Å². The van der Waals surface area contributed by atoms with Gasteiger partial charge < -0.3 is 5.32 Å². The van der Waals surface area contributed by atoms with E-state index >= 15 is 0 Å². The standard InChI is InChI=1S/C7H15NS2/c1-6-5-10-7(8-6)3-4-9-2/h6-8H,3-5H2,1-2H3. The largest absolute Gasteiger partial charge is 0.302 e. The Morgan fingerprint density at radius 2 is 2.50 bits per heavy atom. The Morgan fingerprint density at radius 3 is 3.00 bits per heavy atom. The average molecular weight is 177 g/mol.